The summed E-state index contributed by atoms with van der Waals surface area (Å²) in [4.78, 5) is 4.66. The normalized spacial score (nSPS) is 37.6. The minimum atomic E-state index is 0.661. The Labute approximate surface area is 110 Å². The molecule has 2 rings (SSSR count). The van der Waals surface area contributed by atoms with Gasteiger partial charge in [0.15, 0.2) is 5.17 Å². The highest BCUT2D eigenvalue weighted by Gasteiger charge is 2.31. The standard InChI is InChI=1S/C14H26N2S/c1-9(2)7-12-8-15-14(17-12)16-13-6-5-10(3)11(13)4/h9-13H,5-8H2,1-4H3,(H,15,16). The van der Waals surface area contributed by atoms with Gasteiger partial charge in [-0.05, 0) is 37.0 Å². The summed E-state index contributed by atoms with van der Waals surface area (Å²) in [5.74, 6) is 2.45. The molecule has 4 unspecified atom stereocenters. The Morgan fingerprint density at radius 3 is 2.71 bits per heavy atom. The third kappa shape index (κ3) is 3.40. The number of hydrogen-bond acceptors (Lipinski definition) is 3. The molecule has 0 aromatic heterocycles. The fraction of sp³-hybridized carbons (Fsp3) is 0.929. The Kier molecular flexibility index (Phi) is 4.40. The predicted molar refractivity (Wildman–Crippen MR) is 77.6 cm³/mol. The summed E-state index contributed by atoms with van der Waals surface area (Å²) in [7, 11) is 0. The van der Waals surface area contributed by atoms with Crippen molar-refractivity contribution in [3.8, 4) is 0 Å². The third-order valence-corrected chi connectivity index (χ3v) is 5.37. The molecule has 1 N–H and O–H groups in total. The summed E-state index contributed by atoms with van der Waals surface area (Å²) < 4.78 is 0. The molecule has 0 spiro atoms. The van der Waals surface area contributed by atoms with Crippen LogP contribution >= 0.6 is 11.8 Å². The van der Waals surface area contributed by atoms with Crippen LogP contribution in [-0.2, 0) is 0 Å². The predicted octanol–water partition coefficient (Wildman–Crippen LogP) is 3.53. The van der Waals surface area contributed by atoms with Gasteiger partial charge in [-0.2, -0.15) is 0 Å². The van der Waals surface area contributed by atoms with Crippen molar-refractivity contribution in [1.82, 2.24) is 5.32 Å². The SMILES string of the molecule is CC(C)CC1CN=C(NC2CCC(C)C2C)S1. The van der Waals surface area contributed by atoms with Crippen molar-refractivity contribution in [2.24, 2.45) is 22.7 Å². The molecular weight excluding hydrogens is 228 g/mol. The number of hydrogen-bond donors (Lipinski definition) is 1. The molecule has 2 nitrogen and oxygen atoms in total. The maximum Gasteiger partial charge on any atom is 0.157 e. The molecule has 1 aliphatic carbocycles. The second kappa shape index (κ2) is 5.64. The molecule has 0 aromatic rings. The molecule has 1 saturated carbocycles. The van der Waals surface area contributed by atoms with Gasteiger partial charge in [0.25, 0.3) is 0 Å². The summed E-state index contributed by atoms with van der Waals surface area (Å²) in [6.45, 7) is 10.4. The topological polar surface area (TPSA) is 24.4 Å². The van der Waals surface area contributed by atoms with Gasteiger partial charge in [0.05, 0.1) is 6.54 Å². The molecule has 0 bridgehead atoms. The van der Waals surface area contributed by atoms with Crippen LogP contribution in [0.2, 0.25) is 0 Å². The highest BCUT2D eigenvalue weighted by atomic mass is 32.2. The average molecular weight is 254 g/mol. The fourth-order valence-corrected chi connectivity index (χ4v) is 4.19. The van der Waals surface area contributed by atoms with Crippen LogP contribution in [0.4, 0.5) is 0 Å². The van der Waals surface area contributed by atoms with Crippen molar-refractivity contribution < 1.29 is 0 Å². The quantitative estimate of drug-likeness (QED) is 0.833. The van der Waals surface area contributed by atoms with Gasteiger partial charge in [0.1, 0.15) is 0 Å². The molecule has 4 atom stereocenters. The zero-order chi connectivity index (χ0) is 12.4. The first-order valence-electron chi connectivity index (χ1n) is 7.04. The lowest BCUT2D eigenvalue weighted by Crippen LogP contribution is -2.35. The Morgan fingerprint density at radius 2 is 2.12 bits per heavy atom. The minimum Gasteiger partial charge on any atom is -0.362 e. The molecule has 0 aromatic carbocycles. The van der Waals surface area contributed by atoms with Crippen LogP contribution in [0.1, 0.15) is 47.0 Å². The molecule has 0 amide bonds. The largest absolute Gasteiger partial charge is 0.362 e. The van der Waals surface area contributed by atoms with Gasteiger partial charge in [0.2, 0.25) is 0 Å². The zero-order valence-electron chi connectivity index (χ0n) is 11.6. The van der Waals surface area contributed by atoms with E-state index in [1.807, 2.05) is 11.8 Å². The zero-order valence-corrected chi connectivity index (χ0v) is 12.4. The molecular formula is C14H26N2S. The van der Waals surface area contributed by atoms with Crippen molar-refractivity contribution in [2.45, 2.75) is 58.2 Å². The van der Waals surface area contributed by atoms with Crippen molar-refractivity contribution in [3.63, 3.8) is 0 Å². The second-order valence-corrected chi connectivity index (χ2v) is 7.47. The molecule has 1 aliphatic heterocycles. The van der Waals surface area contributed by atoms with E-state index in [9.17, 15) is 0 Å². The lowest BCUT2D eigenvalue weighted by atomic mass is 9.98. The van der Waals surface area contributed by atoms with E-state index < -0.39 is 0 Å². The number of aliphatic imine (C=N–C) groups is 1. The van der Waals surface area contributed by atoms with Crippen LogP contribution in [-0.4, -0.2) is 23.0 Å². The van der Waals surface area contributed by atoms with E-state index in [0.717, 1.165) is 24.3 Å². The van der Waals surface area contributed by atoms with Crippen LogP contribution in [0.5, 0.6) is 0 Å². The van der Waals surface area contributed by atoms with Crippen molar-refractivity contribution >= 4 is 16.9 Å². The van der Waals surface area contributed by atoms with Crippen LogP contribution in [0.3, 0.4) is 0 Å². The van der Waals surface area contributed by atoms with Crippen LogP contribution in [0.25, 0.3) is 0 Å². The maximum atomic E-state index is 4.66. The van der Waals surface area contributed by atoms with Gasteiger partial charge < -0.3 is 5.32 Å². The van der Waals surface area contributed by atoms with Gasteiger partial charge in [-0.3, -0.25) is 4.99 Å². The van der Waals surface area contributed by atoms with Crippen LogP contribution in [0.15, 0.2) is 4.99 Å². The average Bonchev–Trinajstić information content (AvgIpc) is 2.80. The van der Waals surface area contributed by atoms with E-state index >= 15 is 0 Å². The molecule has 2 aliphatic rings. The number of rotatable bonds is 3. The molecule has 0 saturated heterocycles. The van der Waals surface area contributed by atoms with Crippen molar-refractivity contribution in [1.29, 1.82) is 0 Å². The highest BCUT2D eigenvalue weighted by molar-refractivity contribution is 8.14. The van der Waals surface area contributed by atoms with Crippen molar-refractivity contribution in [2.75, 3.05) is 6.54 Å². The molecule has 0 radical (unpaired) electrons. The molecule has 1 fully saturated rings. The second-order valence-electron chi connectivity index (χ2n) is 6.18. The van der Waals surface area contributed by atoms with Crippen molar-refractivity contribution in [3.05, 3.63) is 0 Å². The summed E-state index contributed by atoms with van der Waals surface area (Å²) >= 11 is 1.97. The summed E-state index contributed by atoms with van der Waals surface area (Å²) in [5, 5.41) is 5.60. The first-order chi connectivity index (χ1) is 8.06. The smallest absolute Gasteiger partial charge is 0.157 e. The number of nitrogens with one attached hydrogen (secondary N) is 1. The summed E-state index contributed by atoms with van der Waals surface area (Å²) in [5.41, 5.74) is 0. The number of nitrogens with zero attached hydrogens (tertiary/aromatic N) is 1. The Hall–Kier alpha value is -0.180. The van der Waals surface area contributed by atoms with Gasteiger partial charge in [0, 0.05) is 11.3 Å². The van der Waals surface area contributed by atoms with E-state index in [1.54, 1.807) is 0 Å². The maximum absolute atomic E-state index is 4.66. The van der Waals surface area contributed by atoms with E-state index in [0.29, 0.717) is 11.3 Å². The molecule has 3 heteroatoms. The summed E-state index contributed by atoms with van der Waals surface area (Å²) in [6, 6.07) is 0.661. The Balaban J connectivity index is 1.78. The van der Waals surface area contributed by atoms with Crippen LogP contribution < -0.4 is 5.32 Å². The lowest BCUT2D eigenvalue weighted by Gasteiger charge is -2.20. The van der Waals surface area contributed by atoms with Crippen LogP contribution in [0, 0.1) is 17.8 Å². The van der Waals surface area contributed by atoms with E-state index in [1.165, 1.54) is 24.4 Å². The monoisotopic (exact) mass is 254 g/mol. The minimum absolute atomic E-state index is 0.661. The highest BCUT2D eigenvalue weighted by Crippen LogP contribution is 2.33. The number of amidine groups is 1. The molecule has 98 valence electrons. The van der Waals surface area contributed by atoms with Gasteiger partial charge in [-0.1, -0.05) is 39.5 Å². The number of thioether (sulfide) groups is 1. The fourth-order valence-electron chi connectivity index (χ4n) is 2.87. The van der Waals surface area contributed by atoms with E-state index in [4.69, 9.17) is 0 Å². The summed E-state index contributed by atoms with van der Waals surface area (Å²) in [6.07, 6.45) is 3.97. The first-order valence-corrected chi connectivity index (χ1v) is 7.92. The Morgan fingerprint density at radius 1 is 1.35 bits per heavy atom. The van der Waals surface area contributed by atoms with Gasteiger partial charge in [-0.25, -0.2) is 0 Å². The van der Waals surface area contributed by atoms with Gasteiger partial charge in [-0.15, -0.1) is 0 Å². The Bertz CT molecular complexity index is 288. The first kappa shape index (κ1) is 13.3. The van der Waals surface area contributed by atoms with Gasteiger partial charge >= 0.3 is 0 Å². The van der Waals surface area contributed by atoms with E-state index in [2.05, 4.69) is 38.0 Å². The van der Waals surface area contributed by atoms with E-state index in [-0.39, 0.29) is 0 Å². The third-order valence-electron chi connectivity index (χ3n) is 4.23. The molecule has 17 heavy (non-hydrogen) atoms. The lowest BCUT2D eigenvalue weighted by molar-refractivity contribution is 0.404. The molecule has 1 heterocycles.